The van der Waals surface area contributed by atoms with Crippen molar-refractivity contribution in [1.82, 2.24) is 10.2 Å². The molecule has 0 aromatic carbocycles. The van der Waals surface area contributed by atoms with Gasteiger partial charge < -0.3 is 15.3 Å². The molecule has 0 aromatic rings. The van der Waals surface area contributed by atoms with Crippen molar-refractivity contribution in [2.75, 3.05) is 26.7 Å². The highest BCUT2D eigenvalue weighted by atomic mass is 16.3. The normalized spacial score (nSPS) is 12.6. The molecule has 0 heterocycles. The predicted molar refractivity (Wildman–Crippen MR) is 52.5 cm³/mol. The van der Waals surface area contributed by atoms with Crippen LogP contribution in [0.4, 0.5) is 0 Å². The summed E-state index contributed by atoms with van der Waals surface area (Å²) in [6, 6.07) is 0.0363. The van der Waals surface area contributed by atoms with Crippen LogP contribution in [-0.4, -0.2) is 48.7 Å². The van der Waals surface area contributed by atoms with E-state index in [1.54, 1.807) is 11.9 Å². The highest BCUT2D eigenvalue weighted by molar-refractivity contribution is 5.77. The molecule has 0 aliphatic heterocycles. The smallest absolute Gasteiger partial charge is 0.236 e. The zero-order chi connectivity index (χ0) is 10.3. The maximum absolute atomic E-state index is 11.3. The third kappa shape index (κ3) is 4.85. The molecule has 0 aliphatic carbocycles. The van der Waals surface area contributed by atoms with Crippen molar-refractivity contribution in [3.05, 3.63) is 0 Å². The highest BCUT2D eigenvalue weighted by Crippen LogP contribution is 1.89. The van der Waals surface area contributed by atoms with Crippen LogP contribution < -0.4 is 5.32 Å². The van der Waals surface area contributed by atoms with Crippen LogP contribution in [0.1, 0.15) is 20.3 Å². The van der Waals surface area contributed by atoms with Gasteiger partial charge in [-0.3, -0.25) is 4.79 Å². The second-order valence-electron chi connectivity index (χ2n) is 3.08. The van der Waals surface area contributed by atoms with Crippen LogP contribution in [0.5, 0.6) is 0 Å². The summed E-state index contributed by atoms with van der Waals surface area (Å²) in [5.74, 6) is 0.0643. The molecule has 1 amide bonds. The molecule has 0 bridgehead atoms. The van der Waals surface area contributed by atoms with Crippen LogP contribution in [0.3, 0.4) is 0 Å². The Bertz CT molecular complexity index is 147. The van der Waals surface area contributed by atoms with E-state index in [0.29, 0.717) is 6.54 Å². The van der Waals surface area contributed by atoms with Crippen molar-refractivity contribution in [2.45, 2.75) is 26.3 Å². The van der Waals surface area contributed by atoms with Crippen LogP contribution in [0.2, 0.25) is 0 Å². The van der Waals surface area contributed by atoms with E-state index in [0.717, 1.165) is 13.0 Å². The topological polar surface area (TPSA) is 52.6 Å². The van der Waals surface area contributed by atoms with Crippen LogP contribution in [0.25, 0.3) is 0 Å². The Morgan fingerprint density at radius 1 is 1.54 bits per heavy atom. The number of hydrogen-bond acceptors (Lipinski definition) is 3. The van der Waals surface area contributed by atoms with Crippen molar-refractivity contribution in [2.24, 2.45) is 0 Å². The van der Waals surface area contributed by atoms with E-state index in [-0.39, 0.29) is 18.6 Å². The zero-order valence-corrected chi connectivity index (χ0v) is 8.71. The third-order valence-corrected chi connectivity index (χ3v) is 2.16. The Morgan fingerprint density at radius 3 is 2.54 bits per heavy atom. The van der Waals surface area contributed by atoms with Crippen molar-refractivity contribution in [3.63, 3.8) is 0 Å². The molecule has 0 rings (SSSR count). The quantitative estimate of drug-likeness (QED) is 0.608. The fourth-order valence-corrected chi connectivity index (χ4v) is 0.881. The van der Waals surface area contributed by atoms with Crippen LogP contribution >= 0.6 is 0 Å². The van der Waals surface area contributed by atoms with Gasteiger partial charge in [0.15, 0.2) is 0 Å². The summed E-state index contributed by atoms with van der Waals surface area (Å²) in [6.07, 6.45) is 0.833. The molecule has 78 valence electrons. The number of aliphatic hydroxyl groups is 1. The van der Waals surface area contributed by atoms with Gasteiger partial charge in [0.25, 0.3) is 0 Å². The van der Waals surface area contributed by atoms with Gasteiger partial charge in [0.2, 0.25) is 5.91 Å². The monoisotopic (exact) mass is 188 g/mol. The van der Waals surface area contributed by atoms with Gasteiger partial charge >= 0.3 is 0 Å². The van der Waals surface area contributed by atoms with E-state index < -0.39 is 0 Å². The van der Waals surface area contributed by atoms with Gasteiger partial charge in [-0.05, 0) is 13.3 Å². The predicted octanol–water partition coefficient (Wildman–Crippen LogP) is -0.175. The van der Waals surface area contributed by atoms with E-state index >= 15 is 0 Å². The Kier molecular flexibility index (Phi) is 6.54. The summed E-state index contributed by atoms with van der Waals surface area (Å²) >= 11 is 0. The summed E-state index contributed by atoms with van der Waals surface area (Å²) < 4.78 is 0. The lowest BCUT2D eigenvalue weighted by molar-refractivity contribution is -0.128. The molecule has 4 heteroatoms. The largest absolute Gasteiger partial charge is 0.395 e. The van der Waals surface area contributed by atoms with Gasteiger partial charge in [-0.1, -0.05) is 6.92 Å². The van der Waals surface area contributed by atoms with E-state index in [1.165, 1.54) is 0 Å². The van der Waals surface area contributed by atoms with Crippen LogP contribution in [0.15, 0.2) is 0 Å². The van der Waals surface area contributed by atoms with E-state index in [4.69, 9.17) is 5.11 Å². The van der Waals surface area contributed by atoms with Crippen molar-refractivity contribution < 1.29 is 9.90 Å². The minimum atomic E-state index is 0.0363. The molecule has 0 fully saturated rings. The van der Waals surface area contributed by atoms with Gasteiger partial charge in [-0.15, -0.1) is 0 Å². The number of aliphatic hydroxyl groups excluding tert-OH is 1. The first-order chi connectivity index (χ1) is 6.15. The molecule has 0 aliphatic rings. The van der Waals surface area contributed by atoms with Gasteiger partial charge in [0.1, 0.15) is 0 Å². The Morgan fingerprint density at radius 2 is 2.15 bits per heavy atom. The summed E-state index contributed by atoms with van der Waals surface area (Å²) in [6.45, 7) is 5.02. The lowest BCUT2D eigenvalue weighted by Crippen LogP contribution is -2.41. The fraction of sp³-hybridized carbons (Fsp3) is 0.889. The maximum atomic E-state index is 11.3. The third-order valence-electron chi connectivity index (χ3n) is 2.16. The van der Waals surface area contributed by atoms with E-state index in [9.17, 15) is 4.79 Å². The minimum Gasteiger partial charge on any atom is -0.395 e. The lowest BCUT2D eigenvalue weighted by atomic mass is 10.2. The number of nitrogens with zero attached hydrogens (tertiary/aromatic N) is 1. The van der Waals surface area contributed by atoms with Crippen molar-refractivity contribution >= 4 is 5.91 Å². The second-order valence-corrected chi connectivity index (χ2v) is 3.08. The molecule has 0 radical (unpaired) electrons. The van der Waals surface area contributed by atoms with Crippen LogP contribution in [-0.2, 0) is 4.79 Å². The molecular weight excluding hydrogens is 168 g/mol. The molecule has 0 saturated heterocycles. The van der Waals surface area contributed by atoms with E-state index in [2.05, 4.69) is 5.32 Å². The Balaban J connectivity index is 3.68. The first-order valence-electron chi connectivity index (χ1n) is 4.73. The van der Waals surface area contributed by atoms with Crippen molar-refractivity contribution in [3.8, 4) is 0 Å². The second kappa shape index (κ2) is 6.86. The van der Waals surface area contributed by atoms with Gasteiger partial charge in [-0.25, -0.2) is 0 Å². The summed E-state index contributed by atoms with van der Waals surface area (Å²) in [7, 11) is 1.77. The number of likely N-dealkylation sites (N-methyl/N-ethyl adjacent to an activating group) is 1. The molecule has 0 spiro atoms. The SMILES string of the molecule is CCC(CO)NCC(=O)N(C)CC. The molecule has 0 saturated carbocycles. The minimum absolute atomic E-state index is 0.0363. The molecular formula is C9H20N2O2. The Labute approximate surface area is 79.9 Å². The average molecular weight is 188 g/mol. The van der Waals surface area contributed by atoms with Gasteiger partial charge in [0.05, 0.1) is 13.2 Å². The van der Waals surface area contributed by atoms with Gasteiger partial charge in [-0.2, -0.15) is 0 Å². The van der Waals surface area contributed by atoms with Crippen molar-refractivity contribution in [1.29, 1.82) is 0 Å². The summed E-state index contributed by atoms with van der Waals surface area (Å²) in [5.41, 5.74) is 0. The number of carbonyl (C=O) groups is 1. The molecule has 1 atom stereocenters. The number of hydrogen-bond donors (Lipinski definition) is 2. The number of amides is 1. The standard InChI is InChI=1S/C9H20N2O2/c1-4-8(7-12)10-6-9(13)11(3)5-2/h8,10,12H,4-7H2,1-3H3. The number of rotatable bonds is 6. The molecule has 13 heavy (non-hydrogen) atoms. The number of carbonyl (C=O) groups excluding carboxylic acids is 1. The average Bonchev–Trinajstić information content (AvgIpc) is 2.17. The molecule has 1 unspecified atom stereocenters. The Hall–Kier alpha value is -0.610. The maximum Gasteiger partial charge on any atom is 0.236 e. The van der Waals surface area contributed by atoms with E-state index in [1.807, 2.05) is 13.8 Å². The van der Waals surface area contributed by atoms with Gasteiger partial charge in [0, 0.05) is 19.6 Å². The molecule has 0 aromatic heterocycles. The first kappa shape index (κ1) is 12.4. The number of nitrogens with one attached hydrogen (secondary N) is 1. The zero-order valence-electron chi connectivity index (χ0n) is 8.71. The lowest BCUT2D eigenvalue weighted by Gasteiger charge is -2.18. The summed E-state index contributed by atoms with van der Waals surface area (Å²) in [5, 5.41) is 11.8. The molecule has 2 N–H and O–H groups in total. The highest BCUT2D eigenvalue weighted by Gasteiger charge is 2.09. The summed E-state index contributed by atoms with van der Waals surface area (Å²) in [4.78, 5) is 12.9. The van der Waals surface area contributed by atoms with Crippen LogP contribution in [0, 0.1) is 0 Å². The molecule has 4 nitrogen and oxygen atoms in total. The fourth-order valence-electron chi connectivity index (χ4n) is 0.881. The first-order valence-corrected chi connectivity index (χ1v) is 4.73.